The fourth-order valence-corrected chi connectivity index (χ4v) is 1.80. The number of rotatable bonds is 3. The highest BCUT2D eigenvalue weighted by molar-refractivity contribution is 6.32. The first-order chi connectivity index (χ1) is 9.15. The van der Waals surface area contributed by atoms with Gasteiger partial charge in [-0.2, -0.15) is 10.4 Å². The number of esters is 1. The van der Waals surface area contributed by atoms with Gasteiger partial charge in [0.2, 0.25) is 0 Å². The average Bonchev–Trinajstić information content (AvgIpc) is 2.88. The average molecular weight is 276 g/mol. The van der Waals surface area contributed by atoms with Gasteiger partial charge in [-0.15, -0.1) is 0 Å². The van der Waals surface area contributed by atoms with E-state index < -0.39 is 5.97 Å². The summed E-state index contributed by atoms with van der Waals surface area (Å²) in [6.07, 6.45) is 2.94. The molecule has 0 spiro atoms. The van der Waals surface area contributed by atoms with Gasteiger partial charge >= 0.3 is 5.97 Å². The third-order valence-corrected chi connectivity index (χ3v) is 2.72. The molecule has 1 heterocycles. The SMILES string of the molecule is CCOC(=O)c1cnn(-c2ccc(C#N)cc2Cl)c1. The van der Waals surface area contributed by atoms with Crippen LogP contribution in [0.4, 0.5) is 0 Å². The van der Waals surface area contributed by atoms with Crippen LogP contribution in [0, 0.1) is 11.3 Å². The third kappa shape index (κ3) is 2.75. The van der Waals surface area contributed by atoms with E-state index in [4.69, 9.17) is 21.6 Å². The molecule has 0 saturated carbocycles. The van der Waals surface area contributed by atoms with Crippen molar-refractivity contribution < 1.29 is 9.53 Å². The van der Waals surface area contributed by atoms with Crippen LogP contribution in [0.2, 0.25) is 5.02 Å². The Bertz CT molecular complexity index is 658. The van der Waals surface area contributed by atoms with Crippen LogP contribution in [-0.4, -0.2) is 22.4 Å². The number of benzene rings is 1. The van der Waals surface area contributed by atoms with E-state index in [0.717, 1.165) is 0 Å². The molecule has 2 aromatic rings. The molecule has 0 radical (unpaired) electrons. The van der Waals surface area contributed by atoms with Gasteiger partial charge in [0.15, 0.2) is 0 Å². The first kappa shape index (κ1) is 13.1. The second-order valence-electron chi connectivity index (χ2n) is 3.67. The summed E-state index contributed by atoms with van der Waals surface area (Å²) in [5.74, 6) is -0.432. The Morgan fingerprint density at radius 1 is 1.58 bits per heavy atom. The van der Waals surface area contributed by atoms with Crippen LogP contribution in [0.3, 0.4) is 0 Å². The molecule has 0 amide bonds. The van der Waals surface area contributed by atoms with Gasteiger partial charge in [0.1, 0.15) is 0 Å². The van der Waals surface area contributed by atoms with E-state index in [1.165, 1.54) is 17.1 Å². The van der Waals surface area contributed by atoms with Gasteiger partial charge in [0.25, 0.3) is 0 Å². The molecule has 0 fully saturated rings. The molecule has 0 atom stereocenters. The summed E-state index contributed by atoms with van der Waals surface area (Å²) in [7, 11) is 0. The van der Waals surface area contributed by atoms with Crippen molar-refractivity contribution in [3.63, 3.8) is 0 Å². The van der Waals surface area contributed by atoms with Gasteiger partial charge < -0.3 is 4.74 Å². The number of halogens is 1. The van der Waals surface area contributed by atoms with E-state index in [9.17, 15) is 4.79 Å². The summed E-state index contributed by atoms with van der Waals surface area (Å²) < 4.78 is 6.34. The van der Waals surface area contributed by atoms with Gasteiger partial charge in [-0.3, -0.25) is 0 Å². The molecule has 1 aromatic carbocycles. The van der Waals surface area contributed by atoms with Crippen molar-refractivity contribution in [3.8, 4) is 11.8 Å². The van der Waals surface area contributed by atoms with Crippen molar-refractivity contribution in [2.24, 2.45) is 0 Å². The molecule has 0 saturated heterocycles. The van der Waals surface area contributed by atoms with Gasteiger partial charge in [0, 0.05) is 6.20 Å². The molecule has 0 unspecified atom stereocenters. The van der Waals surface area contributed by atoms with Crippen LogP contribution in [-0.2, 0) is 4.74 Å². The Morgan fingerprint density at radius 3 is 3.00 bits per heavy atom. The first-order valence-corrected chi connectivity index (χ1v) is 5.95. The monoisotopic (exact) mass is 275 g/mol. The lowest BCUT2D eigenvalue weighted by molar-refractivity contribution is 0.0526. The second-order valence-corrected chi connectivity index (χ2v) is 4.08. The maximum atomic E-state index is 11.5. The highest BCUT2D eigenvalue weighted by Crippen LogP contribution is 2.21. The minimum absolute atomic E-state index is 0.307. The number of carbonyl (C=O) groups excluding carboxylic acids is 1. The molecule has 5 nitrogen and oxygen atoms in total. The van der Waals surface area contributed by atoms with Crippen molar-refractivity contribution in [2.45, 2.75) is 6.92 Å². The van der Waals surface area contributed by atoms with E-state index in [1.807, 2.05) is 6.07 Å². The van der Waals surface area contributed by atoms with Crippen molar-refractivity contribution >= 4 is 17.6 Å². The molecule has 19 heavy (non-hydrogen) atoms. The number of nitrogens with zero attached hydrogens (tertiary/aromatic N) is 3. The van der Waals surface area contributed by atoms with Crippen LogP contribution < -0.4 is 0 Å². The van der Waals surface area contributed by atoms with E-state index >= 15 is 0 Å². The smallest absolute Gasteiger partial charge is 0.341 e. The van der Waals surface area contributed by atoms with E-state index in [2.05, 4.69) is 5.10 Å². The fraction of sp³-hybridized carbons (Fsp3) is 0.154. The Morgan fingerprint density at radius 2 is 2.37 bits per heavy atom. The lowest BCUT2D eigenvalue weighted by atomic mass is 10.2. The Hall–Kier alpha value is -2.32. The zero-order valence-electron chi connectivity index (χ0n) is 10.1. The van der Waals surface area contributed by atoms with Gasteiger partial charge in [0.05, 0.1) is 40.7 Å². The van der Waals surface area contributed by atoms with Crippen LogP contribution in [0.5, 0.6) is 0 Å². The van der Waals surface area contributed by atoms with Crippen molar-refractivity contribution in [1.82, 2.24) is 9.78 Å². The second kappa shape index (κ2) is 5.55. The lowest BCUT2D eigenvalue weighted by Gasteiger charge is -2.03. The standard InChI is InChI=1S/C13H10ClN3O2/c1-2-19-13(18)10-7-16-17(8-10)12-4-3-9(6-15)5-11(12)14/h3-5,7-8H,2H2,1H3. The van der Waals surface area contributed by atoms with Crippen LogP contribution in [0.15, 0.2) is 30.6 Å². The number of hydrogen-bond acceptors (Lipinski definition) is 4. The van der Waals surface area contributed by atoms with Crippen LogP contribution >= 0.6 is 11.6 Å². The van der Waals surface area contributed by atoms with Gasteiger partial charge in [-0.05, 0) is 25.1 Å². The highest BCUT2D eigenvalue weighted by atomic mass is 35.5. The number of aromatic nitrogens is 2. The summed E-state index contributed by atoms with van der Waals surface area (Å²) in [4.78, 5) is 11.5. The number of nitriles is 1. The normalized spacial score (nSPS) is 9.95. The number of carbonyl (C=O) groups is 1. The molecule has 0 aliphatic carbocycles. The lowest BCUT2D eigenvalue weighted by Crippen LogP contribution is -2.03. The predicted molar refractivity (Wildman–Crippen MR) is 69.2 cm³/mol. The quantitative estimate of drug-likeness (QED) is 0.808. The van der Waals surface area contributed by atoms with E-state index in [1.54, 1.807) is 25.1 Å². The Labute approximate surface area is 115 Å². The summed E-state index contributed by atoms with van der Waals surface area (Å²) in [5.41, 5.74) is 1.41. The summed E-state index contributed by atoms with van der Waals surface area (Å²) in [6.45, 7) is 2.04. The Kier molecular flexibility index (Phi) is 3.83. The van der Waals surface area contributed by atoms with Crippen molar-refractivity contribution in [2.75, 3.05) is 6.61 Å². The molecule has 0 aliphatic rings. The minimum atomic E-state index is -0.432. The molecule has 0 aliphatic heterocycles. The van der Waals surface area contributed by atoms with Crippen molar-refractivity contribution in [1.29, 1.82) is 5.26 Å². The zero-order valence-corrected chi connectivity index (χ0v) is 10.9. The molecule has 0 bridgehead atoms. The molecule has 6 heteroatoms. The predicted octanol–water partition coefficient (Wildman–Crippen LogP) is 2.57. The Balaban J connectivity index is 2.33. The third-order valence-electron chi connectivity index (χ3n) is 2.42. The van der Waals surface area contributed by atoms with E-state index in [-0.39, 0.29) is 0 Å². The maximum Gasteiger partial charge on any atom is 0.341 e. The molecule has 2 rings (SSSR count). The van der Waals surface area contributed by atoms with Gasteiger partial charge in [-0.25, -0.2) is 9.48 Å². The minimum Gasteiger partial charge on any atom is -0.462 e. The van der Waals surface area contributed by atoms with Crippen LogP contribution in [0.1, 0.15) is 22.8 Å². The highest BCUT2D eigenvalue weighted by Gasteiger charge is 2.11. The van der Waals surface area contributed by atoms with Gasteiger partial charge in [-0.1, -0.05) is 11.6 Å². The van der Waals surface area contributed by atoms with E-state index in [0.29, 0.717) is 28.4 Å². The summed E-state index contributed by atoms with van der Waals surface area (Å²) >= 11 is 6.06. The molecular weight excluding hydrogens is 266 g/mol. The van der Waals surface area contributed by atoms with Crippen LogP contribution in [0.25, 0.3) is 5.69 Å². The van der Waals surface area contributed by atoms with Crippen molar-refractivity contribution in [3.05, 3.63) is 46.7 Å². The molecule has 96 valence electrons. The topological polar surface area (TPSA) is 67.9 Å². The zero-order chi connectivity index (χ0) is 13.8. The molecule has 0 N–H and O–H groups in total. The maximum absolute atomic E-state index is 11.5. The largest absolute Gasteiger partial charge is 0.462 e. The number of ether oxygens (including phenoxy) is 1. The first-order valence-electron chi connectivity index (χ1n) is 5.57. The number of hydrogen-bond donors (Lipinski definition) is 0. The molecular formula is C13H10ClN3O2. The summed E-state index contributed by atoms with van der Waals surface area (Å²) in [5, 5.41) is 13.2. The molecule has 1 aromatic heterocycles. The fourth-order valence-electron chi connectivity index (χ4n) is 1.54. The summed E-state index contributed by atoms with van der Waals surface area (Å²) in [6, 6.07) is 6.84.